The minimum absolute atomic E-state index is 0.756. The van der Waals surface area contributed by atoms with Gasteiger partial charge in [0, 0.05) is 16.6 Å². The summed E-state index contributed by atoms with van der Waals surface area (Å²) in [6.07, 6.45) is 0. The quantitative estimate of drug-likeness (QED) is 0.456. The van der Waals surface area contributed by atoms with E-state index in [1.807, 2.05) is 30.3 Å². The van der Waals surface area contributed by atoms with Crippen molar-refractivity contribution in [3.05, 3.63) is 82.8 Å². The summed E-state index contributed by atoms with van der Waals surface area (Å²) in [5, 5.41) is 0. The normalized spacial score (nSPS) is 11.0. The zero-order valence-corrected chi connectivity index (χ0v) is 15.4. The van der Waals surface area contributed by atoms with E-state index in [2.05, 4.69) is 63.0 Å². The van der Waals surface area contributed by atoms with Crippen molar-refractivity contribution in [1.82, 2.24) is 9.55 Å². The van der Waals surface area contributed by atoms with Gasteiger partial charge < -0.3 is 9.30 Å². The fourth-order valence-electron chi connectivity index (χ4n) is 3.00. The zero-order valence-electron chi connectivity index (χ0n) is 13.8. The van der Waals surface area contributed by atoms with E-state index >= 15 is 0 Å². The molecule has 0 unspecified atom stereocenters. The SMILES string of the molecule is COc1ccc(Cn2c(-c3cccc(Br)c3)nc3ccccc32)cc1. The van der Waals surface area contributed by atoms with E-state index in [4.69, 9.17) is 9.72 Å². The molecule has 4 rings (SSSR count). The highest BCUT2D eigenvalue weighted by atomic mass is 79.9. The van der Waals surface area contributed by atoms with Gasteiger partial charge in [-0.2, -0.15) is 0 Å². The van der Waals surface area contributed by atoms with Crippen molar-refractivity contribution in [2.45, 2.75) is 6.54 Å². The van der Waals surface area contributed by atoms with Gasteiger partial charge in [0.15, 0.2) is 0 Å². The van der Waals surface area contributed by atoms with Crippen LogP contribution in [0, 0.1) is 0 Å². The maximum Gasteiger partial charge on any atom is 0.141 e. The third-order valence-electron chi connectivity index (χ3n) is 4.24. The highest BCUT2D eigenvalue weighted by Crippen LogP contribution is 2.28. The molecule has 0 fully saturated rings. The fraction of sp³-hybridized carbons (Fsp3) is 0.0952. The number of imidazole rings is 1. The molecule has 0 amide bonds. The van der Waals surface area contributed by atoms with Gasteiger partial charge in [0.2, 0.25) is 0 Å². The Hall–Kier alpha value is -2.59. The fourth-order valence-corrected chi connectivity index (χ4v) is 3.40. The zero-order chi connectivity index (χ0) is 17.2. The van der Waals surface area contributed by atoms with Gasteiger partial charge in [-0.05, 0) is 42.0 Å². The first-order valence-corrected chi connectivity index (χ1v) is 8.88. The van der Waals surface area contributed by atoms with Crippen LogP contribution in [0.25, 0.3) is 22.4 Å². The molecule has 0 radical (unpaired) electrons. The predicted molar refractivity (Wildman–Crippen MR) is 105 cm³/mol. The number of hydrogen-bond acceptors (Lipinski definition) is 2. The molecule has 0 aliphatic heterocycles. The third kappa shape index (κ3) is 3.17. The van der Waals surface area contributed by atoms with Crippen LogP contribution >= 0.6 is 15.9 Å². The minimum Gasteiger partial charge on any atom is -0.497 e. The van der Waals surface area contributed by atoms with E-state index in [-0.39, 0.29) is 0 Å². The summed E-state index contributed by atoms with van der Waals surface area (Å²) < 4.78 is 8.57. The van der Waals surface area contributed by atoms with Crippen molar-refractivity contribution in [3.63, 3.8) is 0 Å². The largest absolute Gasteiger partial charge is 0.497 e. The summed E-state index contributed by atoms with van der Waals surface area (Å²) in [6.45, 7) is 0.756. The standard InChI is InChI=1S/C21H17BrN2O/c1-25-18-11-9-15(10-12-18)14-24-20-8-3-2-7-19(20)23-21(24)16-5-4-6-17(22)13-16/h2-13H,14H2,1H3. The van der Waals surface area contributed by atoms with Crippen molar-refractivity contribution >= 4 is 27.0 Å². The second-order valence-corrected chi connectivity index (χ2v) is 6.78. The van der Waals surface area contributed by atoms with Crippen LogP contribution in [0.2, 0.25) is 0 Å². The first-order chi connectivity index (χ1) is 12.2. The maximum atomic E-state index is 5.26. The lowest BCUT2D eigenvalue weighted by Crippen LogP contribution is -2.02. The summed E-state index contributed by atoms with van der Waals surface area (Å²) in [4.78, 5) is 4.87. The van der Waals surface area contributed by atoms with Crippen LogP contribution in [0.5, 0.6) is 5.75 Å². The molecule has 4 aromatic rings. The number of methoxy groups -OCH3 is 1. The number of aromatic nitrogens is 2. The number of halogens is 1. The molecule has 1 heterocycles. The Kier molecular flexibility index (Phi) is 4.28. The van der Waals surface area contributed by atoms with Crippen LogP contribution < -0.4 is 4.74 Å². The van der Waals surface area contributed by atoms with Gasteiger partial charge >= 0.3 is 0 Å². The van der Waals surface area contributed by atoms with E-state index in [1.165, 1.54) is 5.56 Å². The summed E-state index contributed by atoms with van der Waals surface area (Å²) in [5.41, 5.74) is 4.44. The van der Waals surface area contributed by atoms with E-state index in [9.17, 15) is 0 Å². The van der Waals surface area contributed by atoms with Crippen molar-refractivity contribution in [2.75, 3.05) is 7.11 Å². The Bertz CT molecular complexity index is 1020. The lowest BCUT2D eigenvalue weighted by Gasteiger charge is -2.10. The monoisotopic (exact) mass is 392 g/mol. The summed E-state index contributed by atoms with van der Waals surface area (Å²) in [6, 6.07) is 24.7. The molecule has 4 heteroatoms. The third-order valence-corrected chi connectivity index (χ3v) is 4.73. The molecule has 3 nitrogen and oxygen atoms in total. The van der Waals surface area contributed by atoms with Crippen molar-refractivity contribution in [2.24, 2.45) is 0 Å². The first kappa shape index (κ1) is 15.9. The molecule has 3 aromatic carbocycles. The molecule has 0 atom stereocenters. The molecule has 0 saturated heterocycles. The van der Waals surface area contributed by atoms with E-state index in [0.717, 1.165) is 39.2 Å². The van der Waals surface area contributed by atoms with E-state index in [1.54, 1.807) is 7.11 Å². The van der Waals surface area contributed by atoms with Crippen molar-refractivity contribution in [1.29, 1.82) is 0 Å². The molecule has 0 spiro atoms. The van der Waals surface area contributed by atoms with Crippen LogP contribution in [-0.2, 0) is 6.54 Å². The topological polar surface area (TPSA) is 27.1 Å². The highest BCUT2D eigenvalue weighted by molar-refractivity contribution is 9.10. The van der Waals surface area contributed by atoms with Crippen LogP contribution in [0.4, 0.5) is 0 Å². The minimum atomic E-state index is 0.756. The molecule has 0 saturated carbocycles. The molecule has 25 heavy (non-hydrogen) atoms. The van der Waals surface area contributed by atoms with Gasteiger partial charge in [0.25, 0.3) is 0 Å². The Labute approximate surface area is 155 Å². The molecule has 0 aliphatic carbocycles. The molecular weight excluding hydrogens is 376 g/mol. The van der Waals surface area contributed by atoms with Crippen molar-refractivity contribution in [3.8, 4) is 17.1 Å². The van der Waals surface area contributed by atoms with Crippen LogP contribution in [0.3, 0.4) is 0 Å². The lowest BCUT2D eigenvalue weighted by atomic mass is 10.2. The number of fused-ring (bicyclic) bond motifs is 1. The molecule has 0 bridgehead atoms. The maximum absolute atomic E-state index is 5.26. The first-order valence-electron chi connectivity index (χ1n) is 8.09. The smallest absolute Gasteiger partial charge is 0.141 e. The van der Waals surface area contributed by atoms with Gasteiger partial charge in [0.05, 0.1) is 18.1 Å². The van der Waals surface area contributed by atoms with Crippen LogP contribution in [-0.4, -0.2) is 16.7 Å². The Balaban J connectivity index is 1.84. The van der Waals surface area contributed by atoms with Crippen molar-refractivity contribution < 1.29 is 4.74 Å². The second kappa shape index (κ2) is 6.73. The molecule has 1 aromatic heterocycles. The Morgan fingerprint density at radius 1 is 0.960 bits per heavy atom. The molecule has 124 valence electrons. The number of rotatable bonds is 4. The number of ether oxygens (including phenoxy) is 1. The van der Waals surface area contributed by atoms with Crippen LogP contribution in [0.15, 0.2) is 77.3 Å². The Morgan fingerprint density at radius 2 is 1.76 bits per heavy atom. The average molecular weight is 393 g/mol. The average Bonchev–Trinajstić information content (AvgIpc) is 3.01. The van der Waals surface area contributed by atoms with Gasteiger partial charge in [-0.25, -0.2) is 4.98 Å². The summed E-state index contributed by atoms with van der Waals surface area (Å²) in [7, 11) is 1.68. The molecule has 0 aliphatic rings. The second-order valence-electron chi connectivity index (χ2n) is 5.87. The number of para-hydroxylation sites is 2. The highest BCUT2D eigenvalue weighted by Gasteiger charge is 2.13. The Morgan fingerprint density at radius 3 is 2.52 bits per heavy atom. The van der Waals surface area contributed by atoms with Crippen LogP contribution in [0.1, 0.15) is 5.56 Å². The molecular formula is C21H17BrN2O. The van der Waals surface area contributed by atoms with Gasteiger partial charge in [-0.1, -0.05) is 52.3 Å². The number of benzene rings is 3. The van der Waals surface area contributed by atoms with E-state index < -0.39 is 0 Å². The van der Waals surface area contributed by atoms with Gasteiger partial charge in [0.1, 0.15) is 11.6 Å². The van der Waals surface area contributed by atoms with E-state index in [0.29, 0.717) is 0 Å². The van der Waals surface area contributed by atoms with Gasteiger partial charge in [-0.15, -0.1) is 0 Å². The lowest BCUT2D eigenvalue weighted by molar-refractivity contribution is 0.414. The number of nitrogens with zero attached hydrogens (tertiary/aromatic N) is 2. The van der Waals surface area contributed by atoms with Gasteiger partial charge in [-0.3, -0.25) is 0 Å². The summed E-state index contributed by atoms with van der Waals surface area (Å²) >= 11 is 3.56. The predicted octanol–water partition coefficient (Wildman–Crippen LogP) is 5.52. The molecule has 0 N–H and O–H groups in total. The summed E-state index contributed by atoms with van der Waals surface area (Å²) in [5.74, 6) is 1.84. The number of hydrogen-bond donors (Lipinski definition) is 0.